The second-order valence-corrected chi connectivity index (χ2v) is 34.2. The smallest absolute Gasteiger partial charge is 0.410 e. The summed E-state index contributed by atoms with van der Waals surface area (Å²) in [6.07, 6.45) is 10.5. The van der Waals surface area contributed by atoms with E-state index in [2.05, 4.69) is 121 Å². The number of methoxy groups -OCH3 is 1. The molecule has 9 atom stereocenters. The number of esters is 1. The first-order valence-corrected chi connectivity index (χ1v) is 34.1. The van der Waals surface area contributed by atoms with Crippen LogP contribution in [0.4, 0.5) is 4.79 Å². The molecule has 3 rings (SSSR count). The summed E-state index contributed by atoms with van der Waals surface area (Å²) < 4.78 is 47.7. The van der Waals surface area contributed by atoms with Crippen LogP contribution in [0.3, 0.4) is 0 Å². The Labute approximate surface area is 406 Å². The lowest BCUT2D eigenvalue weighted by Crippen LogP contribution is -2.61. The average molecular weight is 980 g/mol. The van der Waals surface area contributed by atoms with Crippen molar-refractivity contribution >= 4 is 37.0 Å². The summed E-state index contributed by atoms with van der Waals surface area (Å²) in [5, 5.41) is 3.32. The SMILES string of the molecule is CC[C@H](O[Si](CC)(CC)CC)[C@@H](C)[C@@H]1O[C@@H]1[C@@](C)(OC)[C@@](C)(/C=C/C(C)=C(\C)[C@H]1C/C=C/[C@H](OC(=O)N2CCNCC2)CCC[C@@H](O[Si](CC)(CC)CC)CC(=O)O1)O[Si](CC)(CC)CC. The summed E-state index contributed by atoms with van der Waals surface area (Å²) in [5.74, 6) is -0.0535. The lowest BCUT2D eigenvalue weighted by molar-refractivity contribution is -0.149. The molecule has 0 saturated carbocycles. The molecule has 66 heavy (non-hydrogen) atoms. The summed E-state index contributed by atoms with van der Waals surface area (Å²) in [4.78, 5) is 29.1. The molecule has 2 saturated heterocycles. The Morgan fingerprint density at radius 1 is 0.879 bits per heavy atom. The van der Waals surface area contributed by atoms with Gasteiger partial charge in [-0.25, -0.2) is 4.79 Å². The largest absolute Gasteiger partial charge is 0.457 e. The molecule has 3 aliphatic rings. The fourth-order valence-electron chi connectivity index (χ4n) is 10.5. The average Bonchev–Trinajstić information content (AvgIpc) is 4.15. The second kappa shape index (κ2) is 27.1. The lowest BCUT2D eigenvalue weighted by atomic mass is 9.79. The molecule has 0 unspecified atom stereocenters. The standard InChI is InChI=1S/C52H98N2O9Si3/c1-17-45(62-65(21-5,22-6)23-7)42(13)48-49(60-48)52(15,57-16)51(14,63-66(24-8,25-9)26-10)34-33-40(11)41(12)46-32-28-30-43(58-50(56)54-37-35-53-36-38-54)29-27-31-44(39-47(55)59-46)61-64(18-2,19-3)20-4/h28,30,33-34,42-46,48-49,53H,17-27,29,31-32,35-39H2,1-16H3/b30-28+,34-33+,41-40+/t42-,43-,44-,45+,46-,48+,49+,51-,52-/m1/s1. The van der Waals surface area contributed by atoms with Gasteiger partial charge in [-0.1, -0.05) is 94.4 Å². The number of allylic oxidation sites excluding steroid dienone is 2. The van der Waals surface area contributed by atoms with Crippen LogP contribution < -0.4 is 5.32 Å². The van der Waals surface area contributed by atoms with E-state index in [-0.39, 0.29) is 48.8 Å². The third kappa shape index (κ3) is 14.9. The summed E-state index contributed by atoms with van der Waals surface area (Å²) in [6, 6.07) is 9.32. The normalized spacial score (nSPS) is 26.5. The van der Waals surface area contributed by atoms with Crippen LogP contribution in [0.25, 0.3) is 0 Å². The molecule has 0 aliphatic carbocycles. The molecular weight excluding hydrogens is 881 g/mol. The van der Waals surface area contributed by atoms with E-state index in [0.29, 0.717) is 32.4 Å². The van der Waals surface area contributed by atoms with Crippen LogP contribution in [0.2, 0.25) is 54.4 Å². The van der Waals surface area contributed by atoms with Gasteiger partial charge < -0.3 is 42.4 Å². The summed E-state index contributed by atoms with van der Waals surface area (Å²) in [6.45, 7) is 36.2. The van der Waals surface area contributed by atoms with Gasteiger partial charge >= 0.3 is 12.1 Å². The Bertz CT molecular complexity index is 1550. The fourth-order valence-corrected chi connectivity index (χ4v) is 19.5. The Kier molecular flexibility index (Phi) is 24.1. The van der Waals surface area contributed by atoms with Crippen molar-refractivity contribution < 1.29 is 41.8 Å². The lowest BCUT2D eigenvalue weighted by Gasteiger charge is -2.48. The van der Waals surface area contributed by atoms with Crippen molar-refractivity contribution in [1.82, 2.24) is 10.2 Å². The van der Waals surface area contributed by atoms with Crippen molar-refractivity contribution in [3.63, 3.8) is 0 Å². The first-order valence-electron chi connectivity index (χ1n) is 26.5. The number of cyclic esters (lactones) is 1. The quantitative estimate of drug-likeness (QED) is 0.0311. The molecule has 0 aromatic rings. The predicted molar refractivity (Wildman–Crippen MR) is 279 cm³/mol. The third-order valence-corrected chi connectivity index (χ3v) is 30.9. The number of amides is 1. The van der Waals surface area contributed by atoms with Crippen LogP contribution in [0.15, 0.2) is 35.5 Å². The monoisotopic (exact) mass is 979 g/mol. The highest BCUT2D eigenvalue weighted by Gasteiger charge is 2.64. The molecule has 1 amide bonds. The van der Waals surface area contributed by atoms with Crippen molar-refractivity contribution in [2.45, 2.75) is 245 Å². The molecule has 0 spiro atoms. The van der Waals surface area contributed by atoms with E-state index >= 15 is 0 Å². The van der Waals surface area contributed by atoms with Gasteiger partial charge in [0, 0.05) is 51.7 Å². The van der Waals surface area contributed by atoms with Gasteiger partial charge in [-0.05, 0) is 125 Å². The number of epoxide rings is 1. The van der Waals surface area contributed by atoms with Gasteiger partial charge in [-0.3, -0.25) is 4.79 Å². The maximum absolute atomic E-state index is 14.0. The topological polar surface area (TPSA) is 117 Å². The minimum atomic E-state index is -2.21. The van der Waals surface area contributed by atoms with Gasteiger partial charge in [-0.15, -0.1) is 0 Å². The van der Waals surface area contributed by atoms with Crippen molar-refractivity contribution in [3.05, 3.63) is 35.5 Å². The molecule has 1 N–H and O–H groups in total. The third-order valence-electron chi connectivity index (χ3n) is 16.8. The van der Waals surface area contributed by atoms with E-state index in [1.54, 1.807) is 12.0 Å². The highest BCUT2D eigenvalue weighted by molar-refractivity contribution is 6.74. The molecule has 0 bridgehead atoms. The van der Waals surface area contributed by atoms with Gasteiger partial charge in [0.1, 0.15) is 29.5 Å². The van der Waals surface area contributed by atoms with Gasteiger partial charge in [0.25, 0.3) is 0 Å². The molecule has 0 radical (unpaired) electrons. The van der Waals surface area contributed by atoms with E-state index in [1.807, 2.05) is 12.2 Å². The number of carbonyl (C=O) groups is 2. The molecule has 3 aliphatic heterocycles. The fraction of sp³-hybridized carbons (Fsp3) is 0.846. The number of piperazine rings is 1. The number of carbonyl (C=O) groups excluding carboxylic acids is 2. The number of hydrogen-bond acceptors (Lipinski definition) is 10. The highest BCUT2D eigenvalue weighted by atomic mass is 28.4. The molecule has 0 aromatic carbocycles. The van der Waals surface area contributed by atoms with Crippen LogP contribution >= 0.6 is 0 Å². The molecule has 11 nitrogen and oxygen atoms in total. The first kappa shape index (κ1) is 58.7. The van der Waals surface area contributed by atoms with E-state index in [1.165, 1.54) is 0 Å². The number of ether oxygens (including phenoxy) is 4. The molecule has 14 heteroatoms. The minimum Gasteiger partial charge on any atom is -0.457 e. The van der Waals surface area contributed by atoms with Crippen molar-refractivity contribution in [2.24, 2.45) is 5.92 Å². The van der Waals surface area contributed by atoms with Crippen LogP contribution in [-0.4, -0.2) is 123 Å². The van der Waals surface area contributed by atoms with Crippen LogP contribution in [0.1, 0.15) is 142 Å². The zero-order chi connectivity index (χ0) is 49.3. The second-order valence-electron chi connectivity index (χ2n) is 20.1. The van der Waals surface area contributed by atoms with Crippen molar-refractivity contribution in [3.8, 4) is 0 Å². The minimum absolute atomic E-state index is 0.0252. The van der Waals surface area contributed by atoms with Crippen LogP contribution in [-0.2, 0) is 37.0 Å². The molecule has 2 fully saturated rings. The molecular formula is C52H98N2O9Si3. The maximum atomic E-state index is 14.0. The van der Waals surface area contributed by atoms with Crippen molar-refractivity contribution in [2.75, 3.05) is 33.3 Å². The summed E-state index contributed by atoms with van der Waals surface area (Å²) in [5.41, 5.74) is 0.274. The number of nitrogens with zero attached hydrogens (tertiary/aromatic N) is 1. The first-order chi connectivity index (χ1) is 31.4. The number of hydrogen-bond donors (Lipinski definition) is 1. The van der Waals surface area contributed by atoms with E-state index in [9.17, 15) is 9.59 Å². The van der Waals surface area contributed by atoms with Crippen molar-refractivity contribution in [1.29, 1.82) is 0 Å². The molecule has 0 aromatic heterocycles. The number of nitrogens with one attached hydrogen (secondary N) is 1. The maximum Gasteiger partial charge on any atom is 0.410 e. The van der Waals surface area contributed by atoms with Crippen LogP contribution in [0, 0.1) is 5.92 Å². The van der Waals surface area contributed by atoms with E-state index < -0.39 is 48.4 Å². The Balaban J connectivity index is 2.05. The summed E-state index contributed by atoms with van der Waals surface area (Å²) >= 11 is 0. The van der Waals surface area contributed by atoms with E-state index in [0.717, 1.165) is 91.5 Å². The highest BCUT2D eigenvalue weighted by Crippen LogP contribution is 2.50. The zero-order valence-electron chi connectivity index (χ0n) is 44.9. The Morgan fingerprint density at radius 3 is 1.98 bits per heavy atom. The Morgan fingerprint density at radius 2 is 1.45 bits per heavy atom. The van der Waals surface area contributed by atoms with Crippen LogP contribution in [0.5, 0.6) is 0 Å². The zero-order valence-corrected chi connectivity index (χ0v) is 47.9. The Hall–Kier alpha value is -1.63. The van der Waals surface area contributed by atoms with Gasteiger partial charge in [0.2, 0.25) is 0 Å². The number of rotatable bonds is 25. The predicted octanol–water partition coefficient (Wildman–Crippen LogP) is 12.5. The summed E-state index contributed by atoms with van der Waals surface area (Å²) in [7, 11) is -4.27. The van der Waals surface area contributed by atoms with E-state index in [4.69, 9.17) is 32.2 Å². The van der Waals surface area contributed by atoms with Gasteiger partial charge in [0.05, 0.1) is 18.6 Å². The molecule has 3 heterocycles. The molecule has 382 valence electrons. The van der Waals surface area contributed by atoms with Gasteiger partial charge in [-0.2, -0.15) is 0 Å². The van der Waals surface area contributed by atoms with Gasteiger partial charge in [0.15, 0.2) is 25.0 Å².